The van der Waals surface area contributed by atoms with Crippen LogP contribution in [-0.2, 0) is 6.54 Å². The maximum atomic E-state index is 5.69. The van der Waals surface area contributed by atoms with Crippen LogP contribution in [0.25, 0.3) is 0 Å². The van der Waals surface area contributed by atoms with Crippen molar-refractivity contribution in [1.29, 1.82) is 0 Å². The minimum atomic E-state index is 0.675. The Hall–Kier alpha value is -1.18. The van der Waals surface area contributed by atoms with E-state index in [0.29, 0.717) is 6.61 Å². The number of halogens is 1. The Morgan fingerprint density at radius 1 is 1.42 bits per heavy atom. The Labute approximate surface area is 123 Å². The van der Waals surface area contributed by atoms with E-state index < -0.39 is 0 Å². The molecule has 0 saturated carbocycles. The third-order valence-electron chi connectivity index (χ3n) is 2.51. The third kappa shape index (κ3) is 5.14. The quantitative estimate of drug-likeness (QED) is 0.587. The van der Waals surface area contributed by atoms with Crippen LogP contribution in [0.3, 0.4) is 0 Å². The SMILES string of the molecule is C#CCCNCc1cc(Br)c(OCCC)c(OC)c1. The molecule has 0 heterocycles. The molecule has 1 aromatic rings. The molecule has 0 atom stereocenters. The van der Waals surface area contributed by atoms with E-state index in [2.05, 4.69) is 34.1 Å². The number of nitrogens with one attached hydrogen (secondary N) is 1. The van der Waals surface area contributed by atoms with E-state index in [0.717, 1.165) is 47.5 Å². The van der Waals surface area contributed by atoms with E-state index in [9.17, 15) is 0 Å². The highest BCUT2D eigenvalue weighted by atomic mass is 79.9. The summed E-state index contributed by atoms with van der Waals surface area (Å²) in [4.78, 5) is 0. The third-order valence-corrected chi connectivity index (χ3v) is 3.10. The molecule has 0 unspecified atom stereocenters. The second-order valence-electron chi connectivity index (χ2n) is 4.09. The van der Waals surface area contributed by atoms with Gasteiger partial charge in [-0.1, -0.05) is 6.92 Å². The largest absolute Gasteiger partial charge is 0.493 e. The maximum Gasteiger partial charge on any atom is 0.175 e. The summed E-state index contributed by atoms with van der Waals surface area (Å²) in [5.41, 5.74) is 1.13. The van der Waals surface area contributed by atoms with Gasteiger partial charge in [-0.25, -0.2) is 0 Å². The predicted octanol–water partition coefficient (Wildman–Crippen LogP) is 3.36. The topological polar surface area (TPSA) is 30.5 Å². The van der Waals surface area contributed by atoms with E-state index in [4.69, 9.17) is 15.9 Å². The van der Waals surface area contributed by atoms with Gasteiger partial charge in [-0.05, 0) is 40.0 Å². The van der Waals surface area contributed by atoms with Crippen molar-refractivity contribution in [3.8, 4) is 23.8 Å². The molecule has 0 spiro atoms. The van der Waals surface area contributed by atoms with Crippen molar-refractivity contribution in [2.75, 3.05) is 20.3 Å². The Morgan fingerprint density at radius 2 is 2.21 bits per heavy atom. The molecular weight excluding hydrogens is 306 g/mol. The number of ether oxygens (including phenoxy) is 2. The minimum absolute atomic E-state index is 0.675. The summed E-state index contributed by atoms with van der Waals surface area (Å²) in [5, 5.41) is 3.28. The Balaban J connectivity index is 2.75. The van der Waals surface area contributed by atoms with Gasteiger partial charge >= 0.3 is 0 Å². The van der Waals surface area contributed by atoms with Gasteiger partial charge in [0, 0.05) is 19.5 Å². The lowest BCUT2D eigenvalue weighted by molar-refractivity contribution is 0.292. The first-order valence-corrected chi connectivity index (χ1v) is 7.15. The van der Waals surface area contributed by atoms with Gasteiger partial charge in [-0.15, -0.1) is 12.3 Å². The zero-order valence-electron chi connectivity index (χ0n) is 11.5. The zero-order chi connectivity index (χ0) is 14.1. The lowest BCUT2D eigenvalue weighted by Crippen LogP contribution is -2.14. The Kier molecular flexibility index (Phi) is 7.39. The average Bonchev–Trinajstić information content (AvgIpc) is 2.42. The maximum absolute atomic E-state index is 5.69. The number of rotatable bonds is 8. The van der Waals surface area contributed by atoms with Crippen molar-refractivity contribution in [3.05, 3.63) is 22.2 Å². The fourth-order valence-corrected chi connectivity index (χ4v) is 2.22. The van der Waals surface area contributed by atoms with Crippen molar-refractivity contribution >= 4 is 15.9 Å². The smallest absolute Gasteiger partial charge is 0.175 e. The van der Waals surface area contributed by atoms with Crippen molar-refractivity contribution in [1.82, 2.24) is 5.32 Å². The number of methoxy groups -OCH3 is 1. The lowest BCUT2D eigenvalue weighted by atomic mass is 10.2. The van der Waals surface area contributed by atoms with Gasteiger partial charge in [-0.3, -0.25) is 0 Å². The first-order valence-electron chi connectivity index (χ1n) is 6.36. The molecule has 0 amide bonds. The Morgan fingerprint density at radius 3 is 2.84 bits per heavy atom. The summed E-state index contributed by atoms with van der Waals surface area (Å²) in [6.07, 6.45) is 6.91. The van der Waals surface area contributed by atoms with Crippen LogP contribution in [0.15, 0.2) is 16.6 Å². The number of terminal acetylenes is 1. The summed E-state index contributed by atoms with van der Waals surface area (Å²) in [7, 11) is 1.65. The van der Waals surface area contributed by atoms with Crippen LogP contribution in [0.2, 0.25) is 0 Å². The monoisotopic (exact) mass is 325 g/mol. The van der Waals surface area contributed by atoms with Crippen LogP contribution >= 0.6 is 15.9 Å². The van der Waals surface area contributed by atoms with Gasteiger partial charge in [-0.2, -0.15) is 0 Å². The molecule has 19 heavy (non-hydrogen) atoms. The number of hydrogen-bond acceptors (Lipinski definition) is 3. The lowest BCUT2D eigenvalue weighted by Gasteiger charge is -2.14. The number of benzene rings is 1. The van der Waals surface area contributed by atoms with Gasteiger partial charge in [0.1, 0.15) is 0 Å². The molecular formula is C15H20BrNO2. The van der Waals surface area contributed by atoms with Crippen LogP contribution in [-0.4, -0.2) is 20.3 Å². The molecule has 1 N–H and O–H groups in total. The fourth-order valence-electron chi connectivity index (χ4n) is 1.61. The van der Waals surface area contributed by atoms with E-state index in [1.807, 2.05) is 12.1 Å². The average molecular weight is 326 g/mol. The van der Waals surface area contributed by atoms with Crippen LogP contribution < -0.4 is 14.8 Å². The van der Waals surface area contributed by atoms with Crippen molar-refractivity contribution in [3.63, 3.8) is 0 Å². The second kappa shape index (κ2) is 8.84. The molecule has 0 radical (unpaired) electrons. The van der Waals surface area contributed by atoms with Gasteiger partial charge in [0.15, 0.2) is 11.5 Å². The molecule has 4 heteroatoms. The minimum Gasteiger partial charge on any atom is -0.493 e. The van der Waals surface area contributed by atoms with Crippen molar-refractivity contribution in [2.45, 2.75) is 26.3 Å². The van der Waals surface area contributed by atoms with Gasteiger partial charge < -0.3 is 14.8 Å². The first kappa shape index (κ1) is 15.9. The fraction of sp³-hybridized carbons (Fsp3) is 0.467. The summed E-state index contributed by atoms with van der Waals surface area (Å²) >= 11 is 3.53. The van der Waals surface area contributed by atoms with Crippen molar-refractivity contribution in [2.24, 2.45) is 0 Å². The van der Waals surface area contributed by atoms with E-state index in [1.165, 1.54) is 0 Å². The van der Waals surface area contributed by atoms with Gasteiger partial charge in [0.05, 0.1) is 18.2 Å². The molecule has 1 rings (SSSR count). The molecule has 0 aliphatic heterocycles. The van der Waals surface area contributed by atoms with Gasteiger partial charge in [0.2, 0.25) is 0 Å². The second-order valence-corrected chi connectivity index (χ2v) is 4.94. The van der Waals surface area contributed by atoms with Crippen LogP contribution in [0.5, 0.6) is 11.5 Å². The predicted molar refractivity (Wildman–Crippen MR) is 81.6 cm³/mol. The van der Waals surface area contributed by atoms with Crippen LogP contribution in [0.1, 0.15) is 25.3 Å². The highest BCUT2D eigenvalue weighted by Gasteiger charge is 2.11. The molecule has 3 nitrogen and oxygen atoms in total. The molecule has 0 saturated heterocycles. The first-order chi connectivity index (χ1) is 9.22. The summed E-state index contributed by atoms with van der Waals surface area (Å²) < 4.78 is 12.0. The molecule has 0 fully saturated rings. The van der Waals surface area contributed by atoms with Gasteiger partial charge in [0.25, 0.3) is 0 Å². The zero-order valence-corrected chi connectivity index (χ0v) is 13.0. The molecule has 1 aromatic carbocycles. The molecule has 0 aliphatic rings. The van der Waals surface area contributed by atoms with Crippen LogP contribution in [0.4, 0.5) is 0 Å². The summed E-state index contributed by atoms with van der Waals surface area (Å²) in [6, 6.07) is 4.02. The van der Waals surface area contributed by atoms with Crippen LogP contribution in [0, 0.1) is 12.3 Å². The Bertz CT molecular complexity index is 441. The summed E-state index contributed by atoms with van der Waals surface area (Å²) in [5.74, 6) is 4.11. The summed E-state index contributed by atoms with van der Waals surface area (Å²) in [6.45, 7) is 4.31. The highest BCUT2D eigenvalue weighted by Crippen LogP contribution is 2.36. The molecule has 104 valence electrons. The molecule has 0 aliphatic carbocycles. The number of hydrogen-bond donors (Lipinski definition) is 1. The normalized spacial score (nSPS) is 10.0. The highest BCUT2D eigenvalue weighted by molar-refractivity contribution is 9.10. The van der Waals surface area contributed by atoms with E-state index >= 15 is 0 Å². The van der Waals surface area contributed by atoms with Crippen molar-refractivity contribution < 1.29 is 9.47 Å². The van der Waals surface area contributed by atoms with E-state index in [-0.39, 0.29) is 0 Å². The molecule has 0 aromatic heterocycles. The molecule has 0 bridgehead atoms. The van der Waals surface area contributed by atoms with E-state index in [1.54, 1.807) is 7.11 Å². The standard InChI is InChI=1S/C15H20BrNO2/c1-4-6-7-17-11-12-9-13(16)15(19-8-5-2)14(10-12)18-3/h1,9-10,17H,5-8,11H2,2-3H3.